The maximum Gasteiger partial charge on any atom is 0.337 e. The second-order valence-electron chi connectivity index (χ2n) is 4.89. The molecule has 1 aromatic rings. The first kappa shape index (κ1) is 12.9. The average molecular weight is 248 g/mol. The molecule has 0 aromatic heterocycles. The molecular formula is C14H20N2O2. The van der Waals surface area contributed by atoms with Gasteiger partial charge >= 0.3 is 5.97 Å². The van der Waals surface area contributed by atoms with E-state index in [4.69, 9.17) is 4.74 Å². The standard InChI is InChI=1S/C14H20N2O2/c1-15(2)13-7-8-16(10-13)12-6-4-5-11(9-12)14(17)18-3/h4-6,9,13H,7-8,10H2,1-3H3. The molecule has 18 heavy (non-hydrogen) atoms. The van der Waals surface area contributed by atoms with Crippen molar-refractivity contribution in [3.63, 3.8) is 0 Å². The lowest BCUT2D eigenvalue weighted by atomic mass is 10.2. The van der Waals surface area contributed by atoms with E-state index in [1.54, 1.807) is 6.07 Å². The number of methoxy groups -OCH3 is 1. The SMILES string of the molecule is COC(=O)c1cccc(N2CCC(N(C)C)C2)c1. The van der Waals surface area contributed by atoms with E-state index in [0.717, 1.165) is 25.2 Å². The summed E-state index contributed by atoms with van der Waals surface area (Å²) >= 11 is 0. The lowest BCUT2D eigenvalue weighted by Crippen LogP contribution is -2.31. The van der Waals surface area contributed by atoms with Crippen molar-refractivity contribution in [2.24, 2.45) is 0 Å². The van der Waals surface area contributed by atoms with Crippen molar-refractivity contribution >= 4 is 11.7 Å². The van der Waals surface area contributed by atoms with Crippen LogP contribution in [-0.4, -0.2) is 51.2 Å². The molecule has 98 valence electrons. The highest BCUT2D eigenvalue weighted by molar-refractivity contribution is 5.90. The van der Waals surface area contributed by atoms with Gasteiger partial charge in [0.2, 0.25) is 0 Å². The monoisotopic (exact) mass is 248 g/mol. The van der Waals surface area contributed by atoms with Crippen LogP contribution in [0.4, 0.5) is 5.69 Å². The van der Waals surface area contributed by atoms with Gasteiger partial charge in [0, 0.05) is 24.8 Å². The van der Waals surface area contributed by atoms with Gasteiger partial charge < -0.3 is 14.5 Å². The second kappa shape index (κ2) is 5.40. The first-order valence-electron chi connectivity index (χ1n) is 6.21. The normalized spacial score (nSPS) is 19.3. The van der Waals surface area contributed by atoms with Crippen molar-refractivity contribution in [3.05, 3.63) is 29.8 Å². The summed E-state index contributed by atoms with van der Waals surface area (Å²) in [6.45, 7) is 2.05. The molecule has 1 atom stereocenters. The molecule has 1 heterocycles. The fraction of sp³-hybridized carbons (Fsp3) is 0.500. The van der Waals surface area contributed by atoms with Crippen molar-refractivity contribution < 1.29 is 9.53 Å². The first-order chi connectivity index (χ1) is 8.61. The molecular weight excluding hydrogens is 228 g/mol. The van der Waals surface area contributed by atoms with Gasteiger partial charge in [-0.1, -0.05) is 6.07 Å². The molecule has 1 unspecified atom stereocenters. The van der Waals surface area contributed by atoms with Crippen molar-refractivity contribution in [1.29, 1.82) is 0 Å². The Kier molecular flexibility index (Phi) is 3.87. The van der Waals surface area contributed by atoms with Crippen LogP contribution in [0.3, 0.4) is 0 Å². The molecule has 0 N–H and O–H groups in total. The Balaban J connectivity index is 2.12. The Hall–Kier alpha value is -1.55. The third kappa shape index (κ3) is 2.64. The number of hydrogen-bond donors (Lipinski definition) is 0. The number of benzene rings is 1. The number of carbonyl (C=O) groups is 1. The Morgan fingerprint density at radius 3 is 2.83 bits per heavy atom. The van der Waals surface area contributed by atoms with Gasteiger partial charge in [0.15, 0.2) is 0 Å². The summed E-state index contributed by atoms with van der Waals surface area (Å²) in [6, 6.07) is 8.24. The number of hydrogen-bond acceptors (Lipinski definition) is 4. The molecule has 0 radical (unpaired) electrons. The van der Waals surface area contributed by atoms with E-state index in [0.29, 0.717) is 11.6 Å². The molecule has 0 amide bonds. The Labute approximate surface area is 108 Å². The van der Waals surface area contributed by atoms with Gasteiger partial charge in [-0.25, -0.2) is 4.79 Å². The topological polar surface area (TPSA) is 32.8 Å². The van der Waals surface area contributed by atoms with Gasteiger partial charge in [0.25, 0.3) is 0 Å². The van der Waals surface area contributed by atoms with Crippen molar-refractivity contribution in [2.45, 2.75) is 12.5 Å². The quantitative estimate of drug-likeness (QED) is 0.761. The molecule has 1 fully saturated rings. The van der Waals surface area contributed by atoms with E-state index in [1.165, 1.54) is 7.11 Å². The number of ether oxygens (including phenoxy) is 1. The zero-order valence-corrected chi connectivity index (χ0v) is 11.2. The van der Waals surface area contributed by atoms with Gasteiger partial charge in [0.05, 0.1) is 12.7 Å². The van der Waals surface area contributed by atoms with Crippen molar-refractivity contribution in [3.8, 4) is 0 Å². The van der Waals surface area contributed by atoms with Gasteiger partial charge in [0.1, 0.15) is 0 Å². The fourth-order valence-electron chi connectivity index (χ4n) is 2.35. The highest BCUT2D eigenvalue weighted by Gasteiger charge is 2.24. The smallest absolute Gasteiger partial charge is 0.337 e. The van der Waals surface area contributed by atoms with Crippen LogP contribution in [-0.2, 0) is 4.74 Å². The van der Waals surface area contributed by atoms with Crippen molar-refractivity contribution in [2.75, 3.05) is 39.2 Å². The van der Waals surface area contributed by atoms with E-state index in [9.17, 15) is 4.79 Å². The molecule has 1 aliphatic heterocycles. The van der Waals surface area contributed by atoms with E-state index >= 15 is 0 Å². The lowest BCUT2D eigenvalue weighted by molar-refractivity contribution is 0.0601. The van der Waals surface area contributed by atoms with Crippen LogP contribution in [0.5, 0.6) is 0 Å². The predicted molar refractivity (Wildman–Crippen MR) is 72.1 cm³/mol. The first-order valence-corrected chi connectivity index (χ1v) is 6.21. The number of nitrogens with zero attached hydrogens (tertiary/aromatic N) is 2. The Morgan fingerprint density at radius 2 is 2.22 bits per heavy atom. The molecule has 1 aromatic carbocycles. The third-order valence-electron chi connectivity index (χ3n) is 3.53. The number of esters is 1. The van der Waals surface area contributed by atoms with E-state index < -0.39 is 0 Å². The second-order valence-corrected chi connectivity index (χ2v) is 4.89. The Morgan fingerprint density at radius 1 is 1.44 bits per heavy atom. The maximum absolute atomic E-state index is 11.5. The van der Waals surface area contributed by atoms with Crippen LogP contribution in [0.15, 0.2) is 24.3 Å². The minimum atomic E-state index is -0.278. The molecule has 1 saturated heterocycles. The molecule has 0 aliphatic carbocycles. The summed E-state index contributed by atoms with van der Waals surface area (Å²) in [5.41, 5.74) is 1.71. The minimum absolute atomic E-state index is 0.278. The Bertz CT molecular complexity index is 432. The van der Waals surface area contributed by atoms with Crippen LogP contribution in [0, 0.1) is 0 Å². The molecule has 0 bridgehead atoms. The number of anilines is 1. The minimum Gasteiger partial charge on any atom is -0.465 e. The van der Waals surface area contributed by atoms with Crippen LogP contribution < -0.4 is 4.90 Å². The molecule has 0 saturated carbocycles. The summed E-state index contributed by atoms with van der Waals surface area (Å²) in [4.78, 5) is 16.1. The molecule has 4 nitrogen and oxygen atoms in total. The average Bonchev–Trinajstić information content (AvgIpc) is 2.88. The summed E-state index contributed by atoms with van der Waals surface area (Å²) in [5.74, 6) is -0.278. The lowest BCUT2D eigenvalue weighted by Gasteiger charge is -2.22. The van der Waals surface area contributed by atoms with Gasteiger partial charge in [-0.15, -0.1) is 0 Å². The van der Waals surface area contributed by atoms with E-state index in [1.807, 2.05) is 18.2 Å². The molecule has 2 rings (SSSR count). The predicted octanol–water partition coefficient (Wildman–Crippen LogP) is 1.61. The maximum atomic E-state index is 11.5. The number of likely N-dealkylation sites (N-methyl/N-ethyl adjacent to an activating group) is 1. The zero-order chi connectivity index (χ0) is 13.1. The van der Waals surface area contributed by atoms with Crippen LogP contribution in [0.1, 0.15) is 16.8 Å². The highest BCUT2D eigenvalue weighted by Crippen LogP contribution is 2.23. The fourth-order valence-corrected chi connectivity index (χ4v) is 2.35. The summed E-state index contributed by atoms with van der Waals surface area (Å²) in [5, 5.41) is 0. The molecule has 0 spiro atoms. The van der Waals surface area contributed by atoms with Gasteiger partial charge in [-0.2, -0.15) is 0 Å². The largest absolute Gasteiger partial charge is 0.465 e. The third-order valence-corrected chi connectivity index (χ3v) is 3.53. The summed E-state index contributed by atoms with van der Waals surface area (Å²) < 4.78 is 4.75. The highest BCUT2D eigenvalue weighted by atomic mass is 16.5. The van der Waals surface area contributed by atoms with E-state index in [-0.39, 0.29) is 5.97 Å². The number of carbonyl (C=O) groups excluding carboxylic acids is 1. The van der Waals surface area contributed by atoms with Crippen LogP contribution in [0.2, 0.25) is 0 Å². The zero-order valence-electron chi connectivity index (χ0n) is 11.2. The van der Waals surface area contributed by atoms with Crippen LogP contribution >= 0.6 is 0 Å². The molecule has 4 heteroatoms. The van der Waals surface area contributed by atoms with Crippen LogP contribution in [0.25, 0.3) is 0 Å². The number of rotatable bonds is 3. The molecule has 1 aliphatic rings. The van der Waals surface area contributed by atoms with Gasteiger partial charge in [-0.3, -0.25) is 0 Å². The summed E-state index contributed by atoms with van der Waals surface area (Å²) in [6.07, 6.45) is 1.16. The van der Waals surface area contributed by atoms with Crippen molar-refractivity contribution in [1.82, 2.24) is 4.90 Å². The van der Waals surface area contributed by atoms with Gasteiger partial charge in [-0.05, 0) is 38.7 Å². The van der Waals surface area contributed by atoms with E-state index in [2.05, 4.69) is 23.9 Å². The summed E-state index contributed by atoms with van der Waals surface area (Å²) in [7, 11) is 5.63.